The van der Waals surface area contributed by atoms with E-state index in [0.29, 0.717) is 0 Å². The second-order valence-corrected chi connectivity index (χ2v) is 4.94. The van der Waals surface area contributed by atoms with Crippen molar-refractivity contribution in [3.63, 3.8) is 0 Å². The Hall–Kier alpha value is -2.55. The number of methoxy groups -OCH3 is 1. The lowest BCUT2D eigenvalue weighted by Crippen LogP contribution is -1.82. The minimum Gasteiger partial charge on any atom is -0.497 e. The molecule has 0 saturated carbocycles. The van der Waals surface area contributed by atoms with Crippen LogP contribution >= 0.6 is 0 Å². The smallest absolute Gasteiger partial charge is 0.138 e. The first kappa shape index (κ1) is 11.3. The average Bonchev–Trinajstić information content (AvgIpc) is 2.86. The van der Waals surface area contributed by atoms with Crippen LogP contribution in [0.3, 0.4) is 0 Å². The molecule has 0 unspecified atom stereocenters. The number of fused-ring (bicyclic) bond motifs is 4. The van der Waals surface area contributed by atoms with Gasteiger partial charge in [0.25, 0.3) is 0 Å². The van der Waals surface area contributed by atoms with Crippen LogP contribution in [0.1, 0.15) is 5.56 Å². The molecule has 2 heterocycles. The molecule has 4 rings (SSSR count). The van der Waals surface area contributed by atoms with Gasteiger partial charge in [-0.15, -0.1) is 0 Å². The highest BCUT2D eigenvalue weighted by Crippen LogP contribution is 2.36. The highest BCUT2D eigenvalue weighted by atomic mass is 16.5. The van der Waals surface area contributed by atoms with Gasteiger partial charge in [-0.05, 0) is 42.6 Å². The van der Waals surface area contributed by atoms with Gasteiger partial charge in [0.2, 0.25) is 0 Å². The molecule has 0 bridgehead atoms. The average molecular weight is 263 g/mol. The highest BCUT2D eigenvalue weighted by molar-refractivity contribution is 6.12. The van der Waals surface area contributed by atoms with Crippen LogP contribution in [-0.4, -0.2) is 12.1 Å². The quantitative estimate of drug-likeness (QED) is 0.509. The summed E-state index contributed by atoms with van der Waals surface area (Å²) in [5, 5.41) is 4.49. The Kier molecular flexibility index (Phi) is 2.24. The molecule has 3 nitrogen and oxygen atoms in total. The minimum atomic E-state index is 0.837. The van der Waals surface area contributed by atoms with E-state index in [-0.39, 0.29) is 0 Å². The molecule has 0 fully saturated rings. The summed E-state index contributed by atoms with van der Waals surface area (Å²) in [6, 6.07) is 10.1. The van der Waals surface area contributed by atoms with Crippen molar-refractivity contribution < 1.29 is 9.15 Å². The second kappa shape index (κ2) is 3.97. The normalized spacial score (nSPS) is 11.5. The van der Waals surface area contributed by atoms with Crippen molar-refractivity contribution in [2.45, 2.75) is 6.92 Å². The molecule has 2 aromatic heterocycles. The van der Waals surface area contributed by atoms with Gasteiger partial charge in [-0.2, -0.15) is 0 Å². The zero-order chi connectivity index (χ0) is 13.7. The van der Waals surface area contributed by atoms with Crippen LogP contribution < -0.4 is 4.74 Å². The summed E-state index contributed by atoms with van der Waals surface area (Å²) < 4.78 is 11.3. The first-order valence-corrected chi connectivity index (χ1v) is 6.51. The van der Waals surface area contributed by atoms with E-state index in [1.54, 1.807) is 7.11 Å². The first-order valence-electron chi connectivity index (χ1n) is 6.51. The van der Waals surface area contributed by atoms with E-state index in [1.807, 2.05) is 36.7 Å². The molecule has 0 saturated heterocycles. The molecule has 0 atom stereocenters. The maximum absolute atomic E-state index is 6.01. The highest BCUT2D eigenvalue weighted by Gasteiger charge is 2.12. The van der Waals surface area contributed by atoms with Gasteiger partial charge < -0.3 is 9.15 Å². The van der Waals surface area contributed by atoms with Gasteiger partial charge in [-0.3, -0.25) is 4.98 Å². The summed E-state index contributed by atoms with van der Waals surface area (Å²) in [5.41, 5.74) is 2.97. The third-order valence-corrected chi connectivity index (χ3v) is 3.83. The van der Waals surface area contributed by atoms with Crippen LogP contribution in [0.5, 0.6) is 5.75 Å². The Morgan fingerprint density at radius 1 is 1.05 bits per heavy atom. The third kappa shape index (κ3) is 1.43. The van der Waals surface area contributed by atoms with Crippen LogP contribution in [0.4, 0.5) is 0 Å². The van der Waals surface area contributed by atoms with Crippen molar-refractivity contribution in [1.82, 2.24) is 4.98 Å². The van der Waals surface area contributed by atoms with Crippen LogP contribution in [0.2, 0.25) is 0 Å². The van der Waals surface area contributed by atoms with Gasteiger partial charge in [-0.25, -0.2) is 0 Å². The van der Waals surface area contributed by atoms with Crippen molar-refractivity contribution in [1.29, 1.82) is 0 Å². The van der Waals surface area contributed by atoms with Gasteiger partial charge in [0.15, 0.2) is 0 Å². The maximum atomic E-state index is 6.01. The molecule has 98 valence electrons. The van der Waals surface area contributed by atoms with Gasteiger partial charge in [0.05, 0.1) is 7.11 Å². The summed E-state index contributed by atoms with van der Waals surface area (Å²) in [7, 11) is 1.67. The molecule has 0 amide bonds. The number of hydrogen-bond donors (Lipinski definition) is 0. The Balaban J connectivity index is 2.23. The van der Waals surface area contributed by atoms with E-state index in [1.165, 1.54) is 5.39 Å². The Bertz CT molecular complexity index is 953. The fraction of sp³-hybridized carbons (Fsp3) is 0.118. The Labute approximate surface area is 115 Å². The van der Waals surface area contributed by atoms with Gasteiger partial charge in [0.1, 0.15) is 16.9 Å². The third-order valence-electron chi connectivity index (χ3n) is 3.83. The largest absolute Gasteiger partial charge is 0.497 e. The van der Waals surface area contributed by atoms with E-state index in [0.717, 1.165) is 38.6 Å². The fourth-order valence-corrected chi connectivity index (χ4v) is 2.79. The van der Waals surface area contributed by atoms with Crippen LogP contribution in [-0.2, 0) is 0 Å². The van der Waals surface area contributed by atoms with Crippen molar-refractivity contribution in [2.75, 3.05) is 7.11 Å². The molecule has 3 heteroatoms. The van der Waals surface area contributed by atoms with Crippen LogP contribution in [0.25, 0.3) is 32.7 Å². The fourth-order valence-electron chi connectivity index (χ4n) is 2.79. The molecule has 0 spiro atoms. The molecule has 0 radical (unpaired) electrons. The number of pyridine rings is 1. The second-order valence-electron chi connectivity index (χ2n) is 4.94. The number of ether oxygens (including phenoxy) is 1. The van der Waals surface area contributed by atoms with Crippen LogP contribution in [0, 0.1) is 6.92 Å². The summed E-state index contributed by atoms with van der Waals surface area (Å²) >= 11 is 0. The molecule has 0 aliphatic rings. The lowest BCUT2D eigenvalue weighted by molar-refractivity contribution is 0.415. The summed E-state index contributed by atoms with van der Waals surface area (Å²) in [6.45, 7) is 2.09. The predicted molar refractivity (Wildman–Crippen MR) is 80.3 cm³/mol. The molecule has 0 N–H and O–H groups in total. The summed E-state index contributed by atoms with van der Waals surface area (Å²) in [6.07, 6.45) is 3.70. The number of aromatic nitrogens is 1. The number of benzene rings is 2. The van der Waals surface area contributed by atoms with Crippen molar-refractivity contribution in [2.24, 2.45) is 0 Å². The molecular weight excluding hydrogens is 250 g/mol. The lowest BCUT2D eigenvalue weighted by atomic mass is 10.0. The molecule has 4 aromatic rings. The monoisotopic (exact) mass is 263 g/mol. The maximum Gasteiger partial charge on any atom is 0.138 e. The number of rotatable bonds is 1. The van der Waals surface area contributed by atoms with E-state index < -0.39 is 0 Å². The number of aryl methyl sites for hydroxylation is 1. The van der Waals surface area contributed by atoms with Crippen molar-refractivity contribution in [3.05, 3.63) is 48.3 Å². The van der Waals surface area contributed by atoms with E-state index >= 15 is 0 Å². The van der Waals surface area contributed by atoms with Gasteiger partial charge in [-0.1, -0.05) is 0 Å². The number of hydrogen-bond acceptors (Lipinski definition) is 3. The molecule has 20 heavy (non-hydrogen) atoms. The van der Waals surface area contributed by atoms with E-state index in [2.05, 4.69) is 18.0 Å². The van der Waals surface area contributed by atoms with Crippen LogP contribution in [0.15, 0.2) is 47.1 Å². The van der Waals surface area contributed by atoms with Crippen molar-refractivity contribution in [3.8, 4) is 5.75 Å². The minimum absolute atomic E-state index is 0.837. The zero-order valence-corrected chi connectivity index (χ0v) is 11.3. The topological polar surface area (TPSA) is 35.3 Å². The number of furan rings is 1. The summed E-state index contributed by atoms with van der Waals surface area (Å²) in [5.74, 6) is 0.837. The van der Waals surface area contributed by atoms with Gasteiger partial charge in [0, 0.05) is 34.1 Å². The molecule has 0 aliphatic carbocycles. The van der Waals surface area contributed by atoms with E-state index in [4.69, 9.17) is 9.15 Å². The van der Waals surface area contributed by atoms with Gasteiger partial charge >= 0.3 is 0 Å². The number of nitrogens with zero attached hydrogens (tertiary/aromatic N) is 1. The Morgan fingerprint density at radius 2 is 1.95 bits per heavy atom. The molecular formula is C17H13NO2. The molecule has 0 aliphatic heterocycles. The van der Waals surface area contributed by atoms with E-state index in [9.17, 15) is 0 Å². The standard InChI is InChI=1S/C17H13NO2/c1-10-13-5-6-18-9-11(13)7-15-14-8-12(19-2)3-4-16(14)20-17(10)15/h3-9H,1-2H3. The molecule has 2 aromatic carbocycles. The predicted octanol–water partition coefficient (Wildman–Crippen LogP) is 4.45. The lowest BCUT2D eigenvalue weighted by Gasteiger charge is -2.02. The Morgan fingerprint density at radius 3 is 2.80 bits per heavy atom. The zero-order valence-electron chi connectivity index (χ0n) is 11.3. The first-order chi connectivity index (χ1) is 9.78. The summed E-state index contributed by atoms with van der Waals surface area (Å²) in [4.78, 5) is 4.20. The SMILES string of the molecule is COc1ccc2oc3c(C)c4ccncc4cc3c2c1. The van der Waals surface area contributed by atoms with Crippen molar-refractivity contribution >= 4 is 32.7 Å².